The summed E-state index contributed by atoms with van der Waals surface area (Å²) >= 11 is 12.3. The van der Waals surface area contributed by atoms with Gasteiger partial charge in [-0.15, -0.1) is 0 Å². The van der Waals surface area contributed by atoms with Gasteiger partial charge in [0.15, 0.2) is 0 Å². The molecule has 2 saturated heterocycles. The number of likely N-dealkylation sites (tertiary alicyclic amines) is 1. The summed E-state index contributed by atoms with van der Waals surface area (Å²) in [7, 11) is 0. The smallest absolute Gasteiger partial charge is 0.310 e. The Kier molecular flexibility index (Phi) is 8.78. The van der Waals surface area contributed by atoms with Gasteiger partial charge in [-0.05, 0) is 37.8 Å². The molecule has 9 nitrogen and oxygen atoms in total. The number of carbonyl (C=O) groups excluding carboxylic acids is 4. The first-order chi connectivity index (χ1) is 16.1. The molecule has 1 aromatic carbocycles. The number of benzene rings is 1. The van der Waals surface area contributed by atoms with E-state index in [1.54, 1.807) is 39.0 Å². The van der Waals surface area contributed by atoms with Crippen LogP contribution in [0.4, 0.5) is 0 Å². The zero-order chi connectivity index (χ0) is 25.0. The van der Waals surface area contributed by atoms with Crippen LogP contribution in [-0.4, -0.2) is 66.2 Å². The van der Waals surface area contributed by atoms with Crippen LogP contribution in [0.3, 0.4) is 0 Å². The maximum atomic E-state index is 13.5. The Labute approximate surface area is 208 Å². The number of nitrogens with one attached hydrogen (secondary N) is 2. The number of ether oxygens (including phenoxy) is 2. The van der Waals surface area contributed by atoms with Gasteiger partial charge in [0.2, 0.25) is 18.1 Å². The zero-order valence-corrected chi connectivity index (χ0v) is 20.8. The molecule has 3 amide bonds. The van der Waals surface area contributed by atoms with Crippen molar-refractivity contribution in [3.05, 3.63) is 33.8 Å². The van der Waals surface area contributed by atoms with E-state index in [1.165, 1.54) is 4.90 Å². The third kappa shape index (κ3) is 5.82. The highest BCUT2D eigenvalue weighted by molar-refractivity contribution is 6.39. The number of carbonyl (C=O) groups is 4. The number of rotatable bonds is 8. The fourth-order valence-corrected chi connectivity index (χ4v) is 4.74. The molecule has 2 heterocycles. The number of amides is 3. The molecule has 2 N–H and O–H groups in total. The molecule has 0 unspecified atom stereocenters. The second-order valence-corrected chi connectivity index (χ2v) is 9.43. The van der Waals surface area contributed by atoms with Crippen LogP contribution in [0.5, 0.6) is 0 Å². The van der Waals surface area contributed by atoms with Gasteiger partial charge in [0.1, 0.15) is 18.1 Å². The monoisotopic (exact) mass is 513 g/mol. The SMILES string of the molecule is CCO[C@@H]1OC(=O)C[C@H]1NC(=O)[C@@H]1CCCN1C(=O)[C@@H](NC(=O)c1c(Cl)cccc1Cl)C(C)C. The van der Waals surface area contributed by atoms with Gasteiger partial charge in [-0.1, -0.05) is 43.1 Å². The van der Waals surface area contributed by atoms with E-state index in [-0.39, 0.29) is 39.8 Å². The molecule has 0 aromatic heterocycles. The predicted molar refractivity (Wildman–Crippen MR) is 125 cm³/mol. The molecule has 0 aliphatic carbocycles. The summed E-state index contributed by atoms with van der Waals surface area (Å²) in [5.41, 5.74) is 0.0906. The first-order valence-corrected chi connectivity index (χ1v) is 12.1. The van der Waals surface area contributed by atoms with Gasteiger partial charge in [-0.3, -0.25) is 19.2 Å². The highest BCUT2D eigenvalue weighted by Crippen LogP contribution is 2.26. The average Bonchev–Trinajstić information content (AvgIpc) is 3.38. The van der Waals surface area contributed by atoms with Crippen LogP contribution in [0, 0.1) is 5.92 Å². The van der Waals surface area contributed by atoms with E-state index in [9.17, 15) is 19.2 Å². The van der Waals surface area contributed by atoms with Gasteiger partial charge in [0.05, 0.1) is 22.0 Å². The minimum atomic E-state index is -0.888. The molecule has 0 bridgehead atoms. The molecular formula is C23H29Cl2N3O6. The number of hydrogen-bond acceptors (Lipinski definition) is 6. The van der Waals surface area contributed by atoms with Crippen molar-refractivity contribution < 1.29 is 28.7 Å². The molecule has 0 saturated carbocycles. The molecule has 11 heteroatoms. The molecule has 186 valence electrons. The molecule has 3 rings (SSSR count). The summed E-state index contributed by atoms with van der Waals surface area (Å²) < 4.78 is 10.5. The number of nitrogens with zero attached hydrogens (tertiary/aromatic N) is 1. The third-order valence-corrected chi connectivity index (χ3v) is 6.50. The van der Waals surface area contributed by atoms with Crippen LogP contribution >= 0.6 is 23.2 Å². The van der Waals surface area contributed by atoms with Crippen molar-refractivity contribution in [1.29, 1.82) is 0 Å². The van der Waals surface area contributed by atoms with Gasteiger partial charge in [-0.2, -0.15) is 0 Å². The number of halogens is 2. The van der Waals surface area contributed by atoms with Gasteiger partial charge < -0.3 is 25.0 Å². The first kappa shape index (κ1) is 26.2. The fraction of sp³-hybridized carbons (Fsp3) is 0.565. The van der Waals surface area contributed by atoms with Crippen molar-refractivity contribution in [3.63, 3.8) is 0 Å². The van der Waals surface area contributed by atoms with Crippen LogP contribution in [0.15, 0.2) is 18.2 Å². The molecule has 34 heavy (non-hydrogen) atoms. The lowest BCUT2D eigenvalue weighted by Crippen LogP contribution is -2.56. The second kappa shape index (κ2) is 11.4. The Hall–Kier alpha value is -2.36. The van der Waals surface area contributed by atoms with E-state index < -0.39 is 36.3 Å². The lowest BCUT2D eigenvalue weighted by Gasteiger charge is -2.31. The number of cyclic esters (lactones) is 1. The first-order valence-electron chi connectivity index (χ1n) is 11.3. The van der Waals surface area contributed by atoms with E-state index in [2.05, 4.69) is 10.6 Å². The number of hydrogen-bond donors (Lipinski definition) is 2. The summed E-state index contributed by atoms with van der Waals surface area (Å²) in [6.07, 6.45) is 0.247. The normalized spacial score (nSPS) is 23.1. The Morgan fingerprint density at radius 1 is 1.24 bits per heavy atom. The molecule has 1 aromatic rings. The van der Waals surface area contributed by atoms with E-state index in [0.29, 0.717) is 26.0 Å². The summed E-state index contributed by atoms with van der Waals surface area (Å²) in [5, 5.41) is 5.89. The fourth-order valence-electron chi connectivity index (χ4n) is 4.17. The Balaban J connectivity index is 1.72. The Morgan fingerprint density at radius 2 is 1.91 bits per heavy atom. The average molecular weight is 514 g/mol. The highest BCUT2D eigenvalue weighted by atomic mass is 35.5. The van der Waals surface area contributed by atoms with E-state index in [0.717, 1.165) is 0 Å². The van der Waals surface area contributed by atoms with Crippen LogP contribution in [-0.2, 0) is 23.9 Å². The summed E-state index contributed by atoms with van der Waals surface area (Å²) in [6.45, 7) is 6.06. The van der Waals surface area contributed by atoms with E-state index >= 15 is 0 Å². The van der Waals surface area contributed by atoms with Crippen molar-refractivity contribution in [1.82, 2.24) is 15.5 Å². The second-order valence-electron chi connectivity index (χ2n) is 8.61. The highest BCUT2D eigenvalue weighted by Gasteiger charge is 2.42. The maximum Gasteiger partial charge on any atom is 0.310 e. The van der Waals surface area contributed by atoms with Gasteiger partial charge >= 0.3 is 5.97 Å². The van der Waals surface area contributed by atoms with Gasteiger partial charge in [0, 0.05) is 13.2 Å². The predicted octanol–water partition coefficient (Wildman–Crippen LogP) is 2.53. The Bertz CT molecular complexity index is 936. The summed E-state index contributed by atoms with van der Waals surface area (Å²) in [4.78, 5) is 52.6. The van der Waals surface area contributed by atoms with Crippen molar-refractivity contribution in [3.8, 4) is 0 Å². The van der Waals surface area contributed by atoms with E-state index in [1.807, 2.05) is 0 Å². The van der Waals surface area contributed by atoms with Crippen molar-refractivity contribution >= 4 is 46.9 Å². The molecule has 4 atom stereocenters. The molecule has 2 aliphatic heterocycles. The van der Waals surface area contributed by atoms with Crippen LogP contribution in [0.1, 0.15) is 50.4 Å². The molecule has 0 radical (unpaired) electrons. The topological polar surface area (TPSA) is 114 Å². The standard InChI is InChI=1S/C23H29Cl2N3O6/c1-4-33-23-15(11-17(29)34-23)26-20(30)16-9-6-10-28(16)22(32)19(12(2)3)27-21(31)18-13(24)7-5-8-14(18)25/h5,7-8,12,15-16,19,23H,4,6,9-11H2,1-3H3,(H,26,30)(H,27,31)/t15-,16+,19+,23-/m1/s1. The molecule has 2 fully saturated rings. The lowest BCUT2D eigenvalue weighted by atomic mass is 10.0. The zero-order valence-electron chi connectivity index (χ0n) is 19.3. The maximum absolute atomic E-state index is 13.5. The van der Waals surface area contributed by atoms with Crippen molar-refractivity contribution in [2.75, 3.05) is 13.2 Å². The van der Waals surface area contributed by atoms with Crippen LogP contribution in [0.25, 0.3) is 0 Å². The van der Waals surface area contributed by atoms with Gasteiger partial charge in [-0.25, -0.2) is 0 Å². The Morgan fingerprint density at radius 3 is 2.53 bits per heavy atom. The third-order valence-electron chi connectivity index (χ3n) is 5.87. The largest absolute Gasteiger partial charge is 0.433 e. The van der Waals surface area contributed by atoms with Crippen molar-refractivity contribution in [2.45, 2.75) is 64.4 Å². The van der Waals surface area contributed by atoms with E-state index in [4.69, 9.17) is 32.7 Å². The minimum absolute atomic E-state index is 0.000341. The quantitative estimate of drug-likeness (QED) is 0.516. The van der Waals surface area contributed by atoms with Crippen molar-refractivity contribution in [2.24, 2.45) is 5.92 Å². The number of esters is 1. The lowest BCUT2D eigenvalue weighted by molar-refractivity contribution is -0.164. The van der Waals surface area contributed by atoms with Crippen LogP contribution < -0.4 is 10.6 Å². The summed E-state index contributed by atoms with van der Waals surface area (Å²) in [5.74, 6) is -2.04. The van der Waals surface area contributed by atoms with Crippen LogP contribution in [0.2, 0.25) is 10.0 Å². The molecular weight excluding hydrogens is 485 g/mol. The molecule has 2 aliphatic rings. The molecule has 0 spiro atoms. The van der Waals surface area contributed by atoms with Gasteiger partial charge in [0.25, 0.3) is 5.91 Å². The minimum Gasteiger partial charge on any atom is -0.433 e. The summed E-state index contributed by atoms with van der Waals surface area (Å²) in [6, 6.07) is 2.47.